The molecule has 21 heavy (non-hydrogen) atoms. The van der Waals surface area contributed by atoms with Crippen molar-refractivity contribution < 1.29 is 9.90 Å². The van der Waals surface area contributed by atoms with E-state index in [1.807, 2.05) is 0 Å². The van der Waals surface area contributed by atoms with Gasteiger partial charge in [-0.1, -0.05) is 32.1 Å². The van der Waals surface area contributed by atoms with E-state index in [2.05, 4.69) is 10.2 Å². The van der Waals surface area contributed by atoms with Gasteiger partial charge in [0.2, 0.25) is 0 Å². The minimum absolute atomic E-state index is 0.181. The Hall–Kier alpha value is -0.610. The van der Waals surface area contributed by atoms with Gasteiger partial charge in [0, 0.05) is 31.2 Å². The van der Waals surface area contributed by atoms with E-state index < -0.39 is 5.97 Å². The number of hydrogen-bond donors (Lipinski definition) is 2. The van der Waals surface area contributed by atoms with Crippen molar-refractivity contribution in [3.63, 3.8) is 0 Å². The molecule has 0 radical (unpaired) electrons. The fraction of sp³-hybridized carbons (Fsp3) is 0.941. The first-order valence-electron chi connectivity index (χ1n) is 8.95. The number of likely N-dealkylation sites (tertiary alicyclic amines) is 1. The second-order valence-electron chi connectivity index (χ2n) is 7.36. The van der Waals surface area contributed by atoms with Crippen molar-refractivity contribution in [2.24, 2.45) is 5.92 Å². The van der Waals surface area contributed by atoms with Crippen LogP contribution >= 0.6 is 0 Å². The van der Waals surface area contributed by atoms with Gasteiger partial charge in [0.05, 0.1) is 5.92 Å². The summed E-state index contributed by atoms with van der Waals surface area (Å²) < 4.78 is 0. The molecule has 1 aliphatic heterocycles. The van der Waals surface area contributed by atoms with Crippen LogP contribution in [-0.2, 0) is 4.79 Å². The maximum Gasteiger partial charge on any atom is 0.307 e. The number of aliphatic carboxylic acids is 1. The molecule has 0 bridgehead atoms. The molecule has 3 fully saturated rings. The summed E-state index contributed by atoms with van der Waals surface area (Å²) >= 11 is 0. The number of carbonyl (C=O) groups is 1. The summed E-state index contributed by atoms with van der Waals surface area (Å²) in [6.07, 6.45) is 12.6. The Morgan fingerprint density at radius 3 is 2.24 bits per heavy atom. The number of carboxylic acids is 1. The van der Waals surface area contributed by atoms with Gasteiger partial charge < -0.3 is 10.4 Å². The van der Waals surface area contributed by atoms with E-state index in [1.54, 1.807) is 0 Å². The molecule has 0 amide bonds. The van der Waals surface area contributed by atoms with E-state index >= 15 is 0 Å². The van der Waals surface area contributed by atoms with Gasteiger partial charge in [-0.25, -0.2) is 0 Å². The zero-order valence-electron chi connectivity index (χ0n) is 13.1. The van der Waals surface area contributed by atoms with Crippen molar-refractivity contribution in [2.45, 2.75) is 82.3 Å². The van der Waals surface area contributed by atoms with Gasteiger partial charge in [-0.15, -0.1) is 0 Å². The molecule has 1 heterocycles. The van der Waals surface area contributed by atoms with E-state index in [0.29, 0.717) is 18.1 Å². The number of carboxylic acid groups (broad SMARTS) is 1. The molecule has 4 heteroatoms. The first-order chi connectivity index (χ1) is 10.2. The number of piperidine rings is 1. The second-order valence-corrected chi connectivity index (χ2v) is 7.36. The SMILES string of the molecule is O=C(O)C1CC(NC2CCCC2)CN(C2CCCCC2)C1. The lowest BCUT2D eigenvalue weighted by molar-refractivity contribution is -0.144. The molecule has 2 aliphatic carbocycles. The first kappa shape index (κ1) is 15.3. The number of nitrogens with zero attached hydrogens (tertiary/aromatic N) is 1. The largest absolute Gasteiger partial charge is 0.481 e. The average Bonchev–Trinajstić information content (AvgIpc) is 3.01. The molecule has 2 atom stereocenters. The zero-order chi connectivity index (χ0) is 14.7. The smallest absolute Gasteiger partial charge is 0.307 e. The predicted octanol–water partition coefficient (Wildman–Crippen LogP) is 2.63. The van der Waals surface area contributed by atoms with Crippen LogP contribution in [0.5, 0.6) is 0 Å². The Morgan fingerprint density at radius 2 is 1.57 bits per heavy atom. The maximum absolute atomic E-state index is 11.5. The Balaban J connectivity index is 1.61. The van der Waals surface area contributed by atoms with Crippen LogP contribution in [0.3, 0.4) is 0 Å². The molecule has 4 nitrogen and oxygen atoms in total. The molecule has 0 aromatic rings. The quantitative estimate of drug-likeness (QED) is 0.837. The Bertz CT molecular complexity index is 349. The number of nitrogens with one attached hydrogen (secondary N) is 1. The van der Waals surface area contributed by atoms with Crippen molar-refractivity contribution >= 4 is 5.97 Å². The molecular weight excluding hydrogens is 264 g/mol. The lowest BCUT2D eigenvalue weighted by Crippen LogP contribution is -2.55. The van der Waals surface area contributed by atoms with Crippen molar-refractivity contribution in [3.8, 4) is 0 Å². The maximum atomic E-state index is 11.5. The molecule has 0 aromatic heterocycles. The molecular formula is C17H30N2O2. The Morgan fingerprint density at radius 1 is 0.905 bits per heavy atom. The van der Waals surface area contributed by atoms with Crippen molar-refractivity contribution in [2.75, 3.05) is 13.1 Å². The van der Waals surface area contributed by atoms with E-state index in [0.717, 1.165) is 19.5 Å². The topological polar surface area (TPSA) is 52.6 Å². The fourth-order valence-corrected chi connectivity index (χ4v) is 4.60. The summed E-state index contributed by atoms with van der Waals surface area (Å²) in [5, 5.41) is 13.2. The van der Waals surface area contributed by atoms with Crippen molar-refractivity contribution in [1.82, 2.24) is 10.2 Å². The van der Waals surface area contributed by atoms with Crippen molar-refractivity contribution in [3.05, 3.63) is 0 Å². The third kappa shape index (κ3) is 3.98. The average molecular weight is 294 g/mol. The van der Waals surface area contributed by atoms with Crippen LogP contribution in [0.4, 0.5) is 0 Å². The Labute approximate surface area is 128 Å². The van der Waals surface area contributed by atoms with Gasteiger partial charge in [0.25, 0.3) is 0 Å². The van der Waals surface area contributed by atoms with Crippen LogP contribution in [0.1, 0.15) is 64.2 Å². The third-order valence-electron chi connectivity index (χ3n) is 5.75. The van der Waals surface area contributed by atoms with Gasteiger partial charge in [-0.2, -0.15) is 0 Å². The standard InChI is InChI=1S/C17H30N2O2/c20-17(21)13-10-15(18-14-6-4-5-7-14)12-19(11-13)16-8-2-1-3-9-16/h13-16,18H,1-12H2,(H,20,21). The van der Waals surface area contributed by atoms with Crippen molar-refractivity contribution in [1.29, 1.82) is 0 Å². The molecule has 3 rings (SSSR count). The van der Waals surface area contributed by atoms with Gasteiger partial charge in [-0.05, 0) is 32.1 Å². The van der Waals surface area contributed by atoms with E-state index in [9.17, 15) is 9.90 Å². The summed E-state index contributed by atoms with van der Waals surface area (Å²) in [7, 11) is 0. The van der Waals surface area contributed by atoms with Gasteiger partial charge in [-0.3, -0.25) is 9.69 Å². The highest BCUT2D eigenvalue weighted by Gasteiger charge is 2.35. The van der Waals surface area contributed by atoms with E-state index in [4.69, 9.17) is 0 Å². The highest BCUT2D eigenvalue weighted by atomic mass is 16.4. The highest BCUT2D eigenvalue weighted by Crippen LogP contribution is 2.28. The second kappa shape index (κ2) is 7.10. The van der Waals surface area contributed by atoms with Gasteiger partial charge in [0.15, 0.2) is 0 Å². The van der Waals surface area contributed by atoms with Crippen LogP contribution < -0.4 is 5.32 Å². The van der Waals surface area contributed by atoms with E-state index in [1.165, 1.54) is 57.8 Å². The minimum Gasteiger partial charge on any atom is -0.481 e. The van der Waals surface area contributed by atoms with Crippen LogP contribution in [-0.4, -0.2) is 47.2 Å². The van der Waals surface area contributed by atoms with Gasteiger partial charge >= 0.3 is 5.97 Å². The van der Waals surface area contributed by atoms with Crippen LogP contribution in [0.15, 0.2) is 0 Å². The molecule has 120 valence electrons. The van der Waals surface area contributed by atoms with E-state index in [-0.39, 0.29) is 5.92 Å². The molecule has 0 spiro atoms. The normalized spacial score (nSPS) is 33.3. The number of hydrogen-bond acceptors (Lipinski definition) is 3. The Kier molecular flexibility index (Phi) is 5.17. The number of rotatable bonds is 4. The molecule has 1 saturated heterocycles. The molecule has 2 unspecified atom stereocenters. The molecule has 3 aliphatic rings. The van der Waals surface area contributed by atoms with Crippen LogP contribution in [0.25, 0.3) is 0 Å². The predicted molar refractivity (Wildman–Crippen MR) is 83.4 cm³/mol. The molecule has 2 saturated carbocycles. The zero-order valence-corrected chi connectivity index (χ0v) is 13.1. The fourth-order valence-electron chi connectivity index (χ4n) is 4.60. The highest BCUT2D eigenvalue weighted by molar-refractivity contribution is 5.70. The molecule has 2 N–H and O–H groups in total. The summed E-state index contributed by atoms with van der Waals surface area (Å²) in [5.74, 6) is -0.784. The summed E-state index contributed by atoms with van der Waals surface area (Å²) in [5.41, 5.74) is 0. The summed E-state index contributed by atoms with van der Waals surface area (Å²) in [4.78, 5) is 14.0. The summed E-state index contributed by atoms with van der Waals surface area (Å²) in [6.45, 7) is 1.83. The monoisotopic (exact) mass is 294 g/mol. The van der Waals surface area contributed by atoms with Gasteiger partial charge in [0.1, 0.15) is 0 Å². The van der Waals surface area contributed by atoms with Crippen LogP contribution in [0.2, 0.25) is 0 Å². The summed E-state index contributed by atoms with van der Waals surface area (Å²) in [6, 6.07) is 1.65. The molecule has 0 aromatic carbocycles. The van der Waals surface area contributed by atoms with Crippen LogP contribution in [0, 0.1) is 5.92 Å². The third-order valence-corrected chi connectivity index (χ3v) is 5.75. The lowest BCUT2D eigenvalue weighted by atomic mass is 9.88. The minimum atomic E-state index is -0.603. The lowest BCUT2D eigenvalue weighted by Gasteiger charge is -2.43. The first-order valence-corrected chi connectivity index (χ1v) is 8.95.